The summed E-state index contributed by atoms with van der Waals surface area (Å²) in [5.41, 5.74) is 11.1. The minimum absolute atomic E-state index is 0. The highest BCUT2D eigenvalue weighted by atomic mass is 15.1. The minimum Gasteiger partial charge on any atom is -0.305 e. The Hall–Kier alpha value is -1.60. The molecule has 0 heterocycles. The lowest BCUT2D eigenvalue weighted by Crippen LogP contribution is -2.34. The van der Waals surface area contributed by atoms with Crippen LogP contribution in [0.3, 0.4) is 0 Å². The van der Waals surface area contributed by atoms with E-state index in [2.05, 4.69) is 146 Å². The molecule has 0 amide bonds. The third kappa shape index (κ3) is 19.2. The third-order valence-electron chi connectivity index (χ3n) is 6.37. The molecule has 2 aromatic carbocycles. The molecule has 0 atom stereocenters. The molecular formula is C36H67N. The van der Waals surface area contributed by atoms with Crippen molar-refractivity contribution in [2.45, 2.75) is 137 Å². The maximum absolute atomic E-state index is 2.33. The van der Waals surface area contributed by atoms with Gasteiger partial charge >= 0.3 is 0 Å². The number of nitrogens with zero attached hydrogens (tertiary/aromatic N) is 1. The van der Waals surface area contributed by atoms with Gasteiger partial charge < -0.3 is 4.90 Å². The summed E-state index contributed by atoms with van der Waals surface area (Å²) in [6, 6.07) is 11.4. The molecule has 0 N–H and O–H groups in total. The molecule has 0 aliphatic carbocycles. The van der Waals surface area contributed by atoms with E-state index >= 15 is 0 Å². The number of benzene rings is 2. The topological polar surface area (TPSA) is 3.24 Å². The lowest BCUT2D eigenvalue weighted by Gasteiger charge is -2.27. The van der Waals surface area contributed by atoms with Crippen molar-refractivity contribution in [2.24, 2.45) is 10.8 Å². The van der Waals surface area contributed by atoms with Gasteiger partial charge in [0.05, 0.1) is 0 Å². The second kappa shape index (κ2) is 17.1. The summed E-state index contributed by atoms with van der Waals surface area (Å²) in [4.78, 5) is 2.19. The van der Waals surface area contributed by atoms with Crippen molar-refractivity contribution in [3.8, 4) is 0 Å². The van der Waals surface area contributed by atoms with Gasteiger partial charge in [0, 0.05) is 5.54 Å². The summed E-state index contributed by atoms with van der Waals surface area (Å²) in [6.45, 7) is 35.2. The second-order valence-corrected chi connectivity index (χ2v) is 13.8. The molecule has 2 aromatic rings. The van der Waals surface area contributed by atoms with E-state index in [0.717, 1.165) is 12.8 Å². The standard InChI is InChI=1S/C14H22.C13H20.C6H15N.C2H6.CH4/c1-10-7-13(9-14(4,5)6)8-11(2)12(10)3;1-10-6-7-12(8-11(10)2)9-13(3,4)5;1-6(2,3)7(4)5;1-2;/h7-8H,9H2,1-6H3;6-8H,9H2,1-5H3;1-5H3;1-2H3;1H4. The molecule has 2 rings (SSSR count). The normalized spacial score (nSPS) is 11.2. The quantitative estimate of drug-likeness (QED) is 0.386. The molecule has 216 valence electrons. The fourth-order valence-corrected chi connectivity index (χ4v) is 3.37. The molecule has 0 unspecified atom stereocenters. The van der Waals surface area contributed by atoms with Gasteiger partial charge in [-0.3, -0.25) is 0 Å². The number of aryl methyl sites for hydroxylation is 4. The Balaban J connectivity index is -0.000000469. The van der Waals surface area contributed by atoms with Gasteiger partial charge in [0.1, 0.15) is 0 Å². The first-order chi connectivity index (χ1) is 16.1. The van der Waals surface area contributed by atoms with Crippen LogP contribution in [0.2, 0.25) is 0 Å². The first-order valence-electron chi connectivity index (χ1n) is 13.9. The number of rotatable bonds is 2. The molecule has 0 spiro atoms. The Bertz CT molecular complexity index is 857. The van der Waals surface area contributed by atoms with E-state index in [1.807, 2.05) is 13.8 Å². The fourth-order valence-electron chi connectivity index (χ4n) is 3.37. The summed E-state index contributed by atoms with van der Waals surface area (Å²) in [5, 5.41) is 0. The molecule has 0 aliphatic rings. The molecule has 37 heavy (non-hydrogen) atoms. The van der Waals surface area contributed by atoms with Crippen molar-refractivity contribution in [3.05, 3.63) is 69.3 Å². The first kappa shape index (κ1) is 39.9. The zero-order chi connectivity index (χ0) is 29.1. The van der Waals surface area contributed by atoms with Crippen molar-refractivity contribution in [1.82, 2.24) is 4.90 Å². The molecule has 0 fully saturated rings. The lowest BCUT2D eigenvalue weighted by molar-refractivity contribution is 0.219. The summed E-state index contributed by atoms with van der Waals surface area (Å²) in [5.74, 6) is 0. The van der Waals surface area contributed by atoms with Crippen LogP contribution >= 0.6 is 0 Å². The van der Waals surface area contributed by atoms with Crippen molar-refractivity contribution in [2.75, 3.05) is 14.1 Å². The van der Waals surface area contributed by atoms with Crippen LogP contribution in [0, 0.1) is 45.4 Å². The molecule has 1 nitrogen and oxygen atoms in total. The zero-order valence-electron chi connectivity index (χ0n) is 27.7. The van der Waals surface area contributed by atoms with E-state index in [1.54, 1.807) is 0 Å². The van der Waals surface area contributed by atoms with Gasteiger partial charge in [-0.15, -0.1) is 0 Å². The Morgan fingerprint density at radius 1 is 0.541 bits per heavy atom. The largest absolute Gasteiger partial charge is 0.305 e. The van der Waals surface area contributed by atoms with Crippen LogP contribution in [-0.2, 0) is 12.8 Å². The second-order valence-electron chi connectivity index (χ2n) is 13.8. The molecule has 0 saturated heterocycles. The van der Waals surface area contributed by atoms with Gasteiger partial charge in [-0.05, 0) is 132 Å². The van der Waals surface area contributed by atoms with Gasteiger partial charge in [-0.1, -0.05) is 93.1 Å². The fraction of sp³-hybridized carbons (Fsp3) is 0.667. The van der Waals surface area contributed by atoms with Crippen LogP contribution in [0.5, 0.6) is 0 Å². The summed E-state index contributed by atoms with van der Waals surface area (Å²) >= 11 is 0. The number of hydrogen-bond acceptors (Lipinski definition) is 1. The SMILES string of the molecule is C.CC.CN(C)C(C)(C)C.Cc1cc(CC(C)(C)C)cc(C)c1C.Cc1ccc(CC(C)(C)C)cc1C. The molecule has 0 aliphatic heterocycles. The highest BCUT2D eigenvalue weighted by Gasteiger charge is 2.13. The Kier molecular flexibility index (Phi) is 18.4. The third-order valence-corrected chi connectivity index (χ3v) is 6.37. The van der Waals surface area contributed by atoms with Crippen molar-refractivity contribution in [1.29, 1.82) is 0 Å². The zero-order valence-corrected chi connectivity index (χ0v) is 27.7. The van der Waals surface area contributed by atoms with E-state index in [0.29, 0.717) is 16.4 Å². The van der Waals surface area contributed by atoms with Gasteiger partial charge in [0.15, 0.2) is 0 Å². The van der Waals surface area contributed by atoms with Crippen molar-refractivity contribution in [3.63, 3.8) is 0 Å². The summed E-state index contributed by atoms with van der Waals surface area (Å²) < 4.78 is 0. The van der Waals surface area contributed by atoms with Gasteiger partial charge in [-0.2, -0.15) is 0 Å². The highest BCUT2D eigenvalue weighted by Crippen LogP contribution is 2.24. The first-order valence-corrected chi connectivity index (χ1v) is 13.9. The Morgan fingerprint density at radius 3 is 1.16 bits per heavy atom. The van der Waals surface area contributed by atoms with E-state index in [4.69, 9.17) is 0 Å². The Labute approximate surface area is 235 Å². The monoisotopic (exact) mass is 514 g/mol. The van der Waals surface area contributed by atoms with Gasteiger partial charge in [0.2, 0.25) is 0 Å². The van der Waals surface area contributed by atoms with E-state index in [-0.39, 0.29) is 7.43 Å². The Morgan fingerprint density at radius 2 is 0.865 bits per heavy atom. The molecule has 0 bridgehead atoms. The average Bonchev–Trinajstić information content (AvgIpc) is 2.68. The van der Waals surface area contributed by atoms with Crippen LogP contribution in [0.25, 0.3) is 0 Å². The highest BCUT2D eigenvalue weighted by molar-refractivity contribution is 5.37. The van der Waals surface area contributed by atoms with Crippen LogP contribution in [0.4, 0.5) is 0 Å². The van der Waals surface area contributed by atoms with E-state index in [1.165, 1.54) is 38.9 Å². The molecular weight excluding hydrogens is 446 g/mol. The number of hydrogen-bond donors (Lipinski definition) is 0. The molecule has 0 aromatic heterocycles. The predicted octanol–water partition coefficient (Wildman–Crippen LogP) is 11.1. The minimum atomic E-state index is 0. The van der Waals surface area contributed by atoms with E-state index in [9.17, 15) is 0 Å². The lowest BCUT2D eigenvalue weighted by atomic mass is 9.86. The molecule has 0 saturated carbocycles. The summed E-state index contributed by atoms with van der Waals surface area (Å²) in [7, 11) is 4.17. The maximum Gasteiger partial charge on any atom is 0.0118 e. The average molecular weight is 514 g/mol. The van der Waals surface area contributed by atoms with Crippen molar-refractivity contribution >= 4 is 0 Å². The van der Waals surface area contributed by atoms with Gasteiger partial charge in [0.25, 0.3) is 0 Å². The summed E-state index contributed by atoms with van der Waals surface area (Å²) in [6.07, 6.45) is 2.32. The maximum atomic E-state index is 2.33. The van der Waals surface area contributed by atoms with Crippen LogP contribution in [0.15, 0.2) is 30.3 Å². The smallest absolute Gasteiger partial charge is 0.0118 e. The molecule has 0 radical (unpaired) electrons. The van der Waals surface area contributed by atoms with Crippen molar-refractivity contribution < 1.29 is 0 Å². The van der Waals surface area contributed by atoms with Crippen LogP contribution in [-0.4, -0.2) is 24.5 Å². The van der Waals surface area contributed by atoms with Crippen LogP contribution < -0.4 is 0 Å². The predicted molar refractivity (Wildman–Crippen MR) is 174 cm³/mol. The molecule has 1 heteroatoms. The van der Waals surface area contributed by atoms with Crippen LogP contribution in [0.1, 0.15) is 123 Å². The van der Waals surface area contributed by atoms with E-state index < -0.39 is 0 Å². The van der Waals surface area contributed by atoms with Gasteiger partial charge in [-0.25, -0.2) is 0 Å².